The lowest BCUT2D eigenvalue weighted by Gasteiger charge is -2.43. The topological polar surface area (TPSA) is 142 Å². The van der Waals surface area contributed by atoms with E-state index in [9.17, 15) is 28.8 Å². The smallest absolute Gasteiger partial charge is 0.308 e. The molecule has 2 fully saturated rings. The van der Waals surface area contributed by atoms with Crippen molar-refractivity contribution in [3.63, 3.8) is 0 Å². The summed E-state index contributed by atoms with van der Waals surface area (Å²) in [6.45, 7) is 6.60. The first kappa shape index (κ1) is 26.7. The van der Waals surface area contributed by atoms with E-state index in [1.165, 1.54) is 11.9 Å². The van der Waals surface area contributed by atoms with Crippen molar-refractivity contribution in [3.8, 4) is 0 Å². The van der Waals surface area contributed by atoms with Crippen molar-refractivity contribution in [3.05, 3.63) is 0 Å². The van der Waals surface area contributed by atoms with Crippen molar-refractivity contribution in [2.45, 2.75) is 83.5 Å². The molecule has 184 valence electrons. The van der Waals surface area contributed by atoms with Crippen LogP contribution in [0.15, 0.2) is 0 Å². The van der Waals surface area contributed by atoms with Crippen LogP contribution in [0.5, 0.6) is 0 Å². The Hall–Kier alpha value is -2.50. The zero-order chi connectivity index (χ0) is 24.9. The number of nitrogens with one attached hydrogen (secondary N) is 2. The normalized spacial score (nSPS) is 22.1. The van der Waals surface area contributed by atoms with Crippen molar-refractivity contribution in [2.24, 2.45) is 0 Å². The summed E-state index contributed by atoms with van der Waals surface area (Å²) in [4.78, 5) is 75.2. The van der Waals surface area contributed by atoms with E-state index in [0.29, 0.717) is 6.42 Å². The molecule has 3 atom stereocenters. The van der Waals surface area contributed by atoms with Crippen LogP contribution in [-0.4, -0.2) is 81.0 Å². The van der Waals surface area contributed by atoms with Gasteiger partial charge in [-0.05, 0) is 40.0 Å². The molecule has 0 radical (unpaired) electrons. The molecule has 0 aromatic heterocycles. The third-order valence-corrected chi connectivity index (χ3v) is 5.72. The number of nitrogens with zero attached hydrogens (tertiary/aromatic N) is 2. The number of carbonyl (C=O) groups is 6. The van der Waals surface area contributed by atoms with E-state index in [0.717, 1.165) is 5.01 Å². The van der Waals surface area contributed by atoms with Gasteiger partial charge in [0.15, 0.2) is 5.78 Å². The first-order chi connectivity index (χ1) is 15.3. The monoisotopic (exact) mass is 530 g/mol. The molecule has 2 saturated heterocycles. The van der Waals surface area contributed by atoms with Gasteiger partial charge in [-0.15, -0.1) is 0 Å². The van der Waals surface area contributed by atoms with E-state index in [1.807, 2.05) is 0 Å². The van der Waals surface area contributed by atoms with Crippen LogP contribution in [-0.2, 0) is 33.5 Å². The maximum Gasteiger partial charge on any atom is 0.308 e. The molecule has 2 heterocycles. The molecular weight excluding hydrogens is 500 g/mol. The highest BCUT2D eigenvalue weighted by atomic mass is 79.9. The highest BCUT2D eigenvalue weighted by Crippen LogP contribution is 2.25. The molecule has 0 bridgehead atoms. The van der Waals surface area contributed by atoms with Crippen molar-refractivity contribution in [1.29, 1.82) is 0 Å². The molecule has 0 spiro atoms. The summed E-state index contributed by atoms with van der Waals surface area (Å²) in [6, 6.07) is -3.16. The van der Waals surface area contributed by atoms with E-state index < -0.39 is 53.2 Å². The summed E-state index contributed by atoms with van der Waals surface area (Å²) < 4.78 is 5.26. The van der Waals surface area contributed by atoms with Gasteiger partial charge in [0.1, 0.15) is 17.7 Å². The second kappa shape index (κ2) is 11.1. The quantitative estimate of drug-likeness (QED) is 0.353. The van der Waals surface area contributed by atoms with E-state index in [4.69, 9.17) is 4.74 Å². The predicted octanol–water partition coefficient (Wildman–Crippen LogP) is 0.200. The number of ketones is 1. The number of rotatable bonds is 7. The van der Waals surface area contributed by atoms with Crippen molar-refractivity contribution in [2.75, 3.05) is 11.9 Å². The Kier molecular flexibility index (Phi) is 8.98. The Labute approximate surface area is 201 Å². The molecule has 0 aromatic rings. The molecule has 4 amide bonds. The van der Waals surface area contributed by atoms with Crippen LogP contribution in [0.4, 0.5) is 0 Å². The Morgan fingerprint density at radius 1 is 1.18 bits per heavy atom. The van der Waals surface area contributed by atoms with E-state index in [-0.39, 0.29) is 43.5 Å². The number of ether oxygens (including phenoxy) is 1. The predicted molar refractivity (Wildman–Crippen MR) is 120 cm³/mol. The number of amides is 4. The lowest BCUT2D eigenvalue weighted by molar-refractivity contribution is -0.176. The minimum absolute atomic E-state index is 0.0465. The average Bonchev–Trinajstić information content (AvgIpc) is 2.83. The lowest BCUT2D eigenvalue weighted by atomic mass is 10.0. The molecule has 0 saturated carbocycles. The number of alkyl halides is 1. The van der Waals surface area contributed by atoms with Crippen LogP contribution in [0, 0.1) is 0 Å². The summed E-state index contributed by atoms with van der Waals surface area (Å²) in [5.41, 5.74) is -0.759. The Morgan fingerprint density at radius 2 is 1.85 bits per heavy atom. The van der Waals surface area contributed by atoms with Crippen molar-refractivity contribution in [1.82, 2.24) is 20.7 Å². The lowest BCUT2D eigenvalue weighted by Crippen LogP contribution is -2.64. The standard InChI is InChI=1S/C21H31BrN4O7/c1-12(27)23-13-7-8-17(29)25-9-5-6-15(26(25)20(13)32)19(31)24-14(16(28)11-22)10-18(30)33-21(2,3)4/h13-15H,5-11H2,1-4H3,(H,23,27)(H,24,31). The van der Waals surface area contributed by atoms with Crippen molar-refractivity contribution >= 4 is 51.3 Å². The highest BCUT2D eigenvalue weighted by Gasteiger charge is 2.45. The molecule has 12 heteroatoms. The van der Waals surface area contributed by atoms with Gasteiger partial charge in [0.05, 0.1) is 17.8 Å². The third-order valence-electron chi connectivity index (χ3n) is 5.17. The molecule has 2 aliphatic rings. The van der Waals surface area contributed by atoms with Crippen LogP contribution in [0.3, 0.4) is 0 Å². The number of fused-ring (bicyclic) bond motifs is 1. The zero-order valence-electron chi connectivity index (χ0n) is 19.3. The molecule has 2 aliphatic heterocycles. The second-order valence-electron chi connectivity index (χ2n) is 9.10. The van der Waals surface area contributed by atoms with Crippen LogP contribution >= 0.6 is 15.9 Å². The maximum atomic E-state index is 13.2. The molecule has 3 unspecified atom stereocenters. The van der Waals surface area contributed by atoms with E-state index in [1.54, 1.807) is 20.8 Å². The number of halogens is 1. The SMILES string of the molecule is CC(=O)NC1CCC(=O)N2CCCC(C(=O)NC(CC(=O)OC(C)(C)C)C(=O)CBr)N2C1=O. The fourth-order valence-corrected chi connectivity index (χ4v) is 4.20. The Morgan fingerprint density at radius 3 is 2.42 bits per heavy atom. The fraction of sp³-hybridized carbons (Fsp3) is 0.714. The zero-order valence-corrected chi connectivity index (χ0v) is 20.9. The van der Waals surface area contributed by atoms with E-state index >= 15 is 0 Å². The minimum atomic E-state index is -1.16. The highest BCUT2D eigenvalue weighted by molar-refractivity contribution is 9.09. The van der Waals surface area contributed by atoms with Gasteiger partial charge < -0.3 is 15.4 Å². The fourth-order valence-electron chi connectivity index (χ4n) is 3.81. The number of Topliss-reactive ketones (excluding diaryl/α,β-unsaturated/α-hetero) is 1. The Bertz CT molecular complexity index is 826. The van der Waals surface area contributed by atoms with E-state index in [2.05, 4.69) is 26.6 Å². The summed E-state index contributed by atoms with van der Waals surface area (Å²) in [7, 11) is 0. The van der Waals surface area contributed by atoms with Crippen LogP contribution < -0.4 is 10.6 Å². The molecule has 0 aliphatic carbocycles. The molecule has 0 aromatic carbocycles. The van der Waals surface area contributed by atoms with Crippen LogP contribution in [0.1, 0.15) is 59.8 Å². The van der Waals surface area contributed by atoms with Crippen molar-refractivity contribution < 1.29 is 33.5 Å². The molecule has 2 rings (SSSR count). The molecule has 33 heavy (non-hydrogen) atoms. The Balaban J connectivity index is 2.24. The van der Waals surface area contributed by atoms with Gasteiger partial charge in [0, 0.05) is 19.9 Å². The number of esters is 1. The summed E-state index contributed by atoms with van der Waals surface area (Å²) in [6.07, 6.45) is 0.537. The minimum Gasteiger partial charge on any atom is -0.460 e. The summed E-state index contributed by atoms with van der Waals surface area (Å²) in [5.74, 6) is -3.06. The number of hydrazine groups is 1. The van der Waals surface area contributed by atoms with Crippen LogP contribution in [0.25, 0.3) is 0 Å². The van der Waals surface area contributed by atoms with Gasteiger partial charge in [-0.3, -0.25) is 33.8 Å². The number of hydrogen-bond donors (Lipinski definition) is 2. The molecular formula is C21H31BrN4O7. The van der Waals surface area contributed by atoms with Gasteiger partial charge in [-0.2, -0.15) is 0 Å². The second-order valence-corrected chi connectivity index (χ2v) is 9.66. The van der Waals surface area contributed by atoms with Gasteiger partial charge in [0.2, 0.25) is 17.7 Å². The van der Waals surface area contributed by atoms with Gasteiger partial charge in [-0.1, -0.05) is 15.9 Å². The first-order valence-electron chi connectivity index (χ1n) is 10.9. The third kappa shape index (κ3) is 7.24. The molecule has 11 nitrogen and oxygen atoms in total. The van der Waals surface area contributed by atoms with Gasteiger partial charge in [0.25, 0.3) is 5.91 Å². The first-order valence-corrected chi connectivity index (χ1v) is 12.0. The summed E-state index contributed by atoms with van der Waals surface area (Å²) >= 11 is 3.06. The molecule has 2 N–H and O–H groups in total. The maximum absolute atomic E-state index is 13.2. The average molecular weight is 531 g/mol. The van der Waals surface area contributed by atoms with Crippen LogP contribution in [0.2, 0.25) is 0 Å². The summed E-state index contributed by atoms with van der Waals surface area (Å²) in [5, 5.41) is 7.34. The van der Waals surface area contributed by atoms with Gasteiger partial charge in [-0.25, -0.2) is 5.01 Å². The number of hydrogen-bond acceptors (Lipinski definition) is 7. The van der Waals surface area contributed by atoms with Gasteiger partial charge >= 0.3 is 5.97 Å². The number of carbonyl (C=O) groups excluding carboxylic acids is 6. The largest absolute Gasteiger partial charge is 0.460 e.